The fraction of sp³-hybridized carbons (Fsp3) is 1.00. The number of piperazine rings is 1. The van der Waals surface area contributed by atoms with Crippen molar-refractivity contribution in [3.63, 3.8) is 0 Å². The highest BCUT2D eigenvalue weighted by molar-refractivity contribution is 7.89. The normalized spacial score (nSPS) is 19.6. The van der Waals surface area contributed by atoms with Gasteiger partial charge in [-0.05, 0) is 25.8 Å². The van der Waals surface area contributed by atoms with E-state index < -0.39 is 10.0 Å². The minimum Gasteiger partial charge on any atom is -0.396 e. The summed E-state index contributed by atoms with van der Waals surface area (Å²) in [6, 6.07) is 0. The third-order valence-electron chi connectivity index (χ3n) is 3.07. The van der Waals surface area contributed by atoms with Crippen molar-refractivity contribution < 1.29 is 13.5 Å². The summed E-state index contributed by atoms with van der Waals surface area (Å²) >= 11 is 0. The summed E-state index contributed by atoms with van der Waals surface area (Å²) in [6.07, 6.45) is 2.23. The number of hydrogen-bond acceptors (Lipinski definition) is 4. The molecule has 0 aromatic carbocycles. The monoisotopic (exact) mass is 264 g/mol. The van der Waals surface area contributed by atoms with Gasteiger partial charge in [-0.2, -0.15) is 4.31 Å². The summed E-state index contributed by atoms with van der Waals surface area (Å²) in [5, 5.41) is 8.65. The molecule has 1 N–H and O–H groups in total. The van der Waals surface area contributed by atoms with E-state index in [1.54, 1.807) is 4.31 Å². The van der Waals surface area contributed by atoms with Gasteiger partial charge in [0.2, 0.25) is 10.0 Å². The van der Waals surface area contributed by atoms with Gasteiger partial charge in [0.25, 0.3) is 0 Å². The van der Waals surface area contributed by atoms with Crippen molar-refractivity contribution in [3.05, 3.63) is 0 Å². The molecule has 0 unspecified atom stereocenters. The second-order valence-electron chi connectivity index (χ2n) is 4.49. The Labute approximate surface area is 104 Å². The number of rotatable bonds is 7. The molecular weight excluding hydrogens is 240 g/mol. The maximum absolute atomic E-state index is 12.0. The lowest BCUT2D eigenvalue weighted by Gasteiger charge is -2.33. The van der Waals surface area contributed by atoms with E-state index in [0.717, 1.165) is 26.1 Å². The van der Waals surface area contributed by atoms with Crippen LogP contribution in [0, 0.1) is 0 Å². The Balaban J connectivity index is 2.36. The van der Waals surface area contributed by atoms with Crippen LogP contribution in [0.2, 0.25) is 0 Å². The van der Waals surface area contributed by atoms with Gasteiger partial charge in [0.1, 0.15) is 0 Å². The summed E-state index contributed by atoms with van der Waals surface area (Å²) in [5.41, 5.74) is 0. The molecule has 5 nitrogen and oxygen atoms in total. The molecule has 1 saturated heterocycles. The molecule has 0 bridgehead atoms. The number of aliphatic hydroxyl groups excluding tert-OH is 1. The predicted molar refractivity (Wildman–Crippen MR) is 68.4 cm³/mol. The van der Waals surface area contributed by atoms with E-state index in [1.807, 2.05) is 0 Å². The number of aliphatic hydroxyl groups is 1. The third-order valence-corrected chi connectivity index (χ3v) is 5.03. The van der Waals surface area contributed by atoms with E-state index >= 15 is 0 Å². The van der Waals surface area contributed by atoms with Crippen molar-refractivity contribution in [3.8, 4) is 0 Å². The average molecular weight is 264 g/mol. The minimum absolute atomic E-state index is 0.0692. The molecule has 0 atom stereocenters. The summed E-state index contributed by atoms with van der Waals surface area (Å²) in [5.74, 6) is 0.168. The molecule has 17 heavy (non-hydrogen) atoms. The fourth-order valence-corrected chi connectivity index (χ4v) is 3.62. The molecule has 0 radical (unpaired) electrons. The lowest BCUT2D eigenvalue weighted by atomic mass is 10.3. The minimum atomic E-state index is -3.10. The average Bonchev–Trinajstić information content (AvgIpc) is 2.30. The first kappa shape index (κ1) is 14.9. The Morgan fingerprint density at radius 3 is 2.29 bits per heavy atom. The van der Waals surface area contributed by atoms with Crippen molar-refractivity contribution in [2.24, 2.45) is 0 Å². The zero-order valence-electron chi connectivity index (χ0n) is 10.6. The molecule has 1 aliphatic rings. The first-order valence-corrected chi connectivity index (χ1v) is 8.02. The number of hydrogen-bond donors (Lipinski definition) is 1. The Morgan fingerprint density at radius 2 is 1.76 bits per heavy atom. The molecule has 1 aliphatic heterocycles. The van der Waals surface area contributed by atoms with Gasteiger partial charge in [-0.25, -0.2) is 8.42 Å². The van der Waals surface area contributed by atoms with Gasteiger partial charge in [-0.3, -0.25) is 0 Å². The molecule has 1 fully saturated rings. The molecule has 0 aromatic rings. The standard InChI is InChI=1S/C11H24N2O3S/c1-2-5-12-6-8-13(9-7-12)17(15,16)11-4-3-10-14/h14H,2-11H2,1H3. The molecule has 6 heteroatoms. The van der Waals surface area contributed by atoms with Crippen LogP contribution in [0.3, 0.4) is 0 Å². The summed E-state index contributed by atoms with van der Waals surface area (Å²) in [7, 11) is -3.10. The van der Waals surface area contributed by atoms with Crippen LogP contribution in [0.25, 0.3) is 0 Å². The molecule has 1 rings (SSSR count). The van der Waals surface area contributed by atoms with Crippen LogP contribution in [-0.4, -0.2) is 67.8 Å². The van der Waals surface area contributed by atoms with Gasteiger partial charge in [0, 0.05) is 32.8 Å². The predicted octanol–water partition coefficient (Wildman–Crippen LogP) is 0.116. The number of nitrogens with zero attached hydrogens (tertiary/aromatic N) is 2. The summed E-state index contributed by atoms with van der Waals surface area (Å²) in [6.45, 7) is 6.17. The quantitative estimate of drug-likeness (QED) is 0.663. The van der Waals surface area contributed by atoms with Crippen molar-refractivity contribution in [2.45, 2.75) is 26.2 Å². The van der Waals surface area contributed by atoms with Gasteiger partial charge in [-0.1, -0.05) is 6.92 Å². The van der Waals surface area contributed by atoms with Crippen LogP contribution < -0.4 is 0 Å². The zero-order chi connectivity index (χ0) is 12.7. The van der Waals surface area contributed by atoms with E-state index in [1.165, 1.54) is 0 Å². The lowest BCUT2D eigenvalue weighted by molar-refractivity contribution is 0.188. The maximum Gasteiger partial charge on any atom is 0.214 e. The highest BCUT2D eigenvalue weighted by Crippen LogP contribution is 2.10. The fourth-order valence-electron chi connectivity index (χ4n) is 2.07. The van der Waals surface area contributed by atoms with E-state index in [2.05, 4.69) is 11.8 Å². The van der Waals surface area contributed by atoms with Crippen molar-refractivity contribution >= 4 is 10.0 Å². The molecule has 102 valence electrons. The third kappa shape index (κ3) is 4.91. The highest BCUT2D eigenvalue weighted by Gasteiger charge is 2.25. The van der Waals surface area contributed by atoms with Crippen LogP contribution in [0.4, 0.5) is 0 Å². The maximum atomic E-state index is 12.0. The number of sulfonamides is 1. The topological polar surface area (TPSA) is 60.9 Å². The molecule has 0 saturated carbocycles. The van der Waals surface area contributed by atoms with Gasteiger partial charge in [0.15, 0.2) is 0 Å². The Bertz CT molecular complexity index is 298. The largest absolute Gasteiger partial charge is 0.396 e. The lowest BCUT2D eigenvalue weighted by Crippen LogP contribution is -2.49. The van der Waals surface area contributed by atoms with E-state index in [0.29, 0.717) is 25.9 Å². The zero-order valence-corrected chi connectivity index (χ0v) is 11.5. The molecule has 0 aliphatic carbocycles. The Morgan fingerprint density at radius 1 is 1.12 bits per heavy atom. The molecule has 1 heterocycles. The van der Waals surface area contributed by atoms with E-state index in [4.69, 9.17) is 5.11 Å². The smallest absolute Gasteiger partial charge is 0.214 e. The molecular formula is C11H24N2O3S. The summed E-state index contributed by atoms with van der Waals surface area (Å²) < 4.78 is 25.5. The van der Waals surface area contributed by atoms with Crippen LogP contribution in [0.15, 0.2) is 0 Å². The van der Waals surface area contributed by atoms with Gasteiger partial charge >= 0.3 is 0 Å². The van der Waals surface area contributed by atoms with Crippen LogP contribution in [0.1, 0.15) is 26.2 Å². The number of unbranched alkanes of at least 4 members (excludes halogenated alkanes) is 1. The molecule has 0 spiro atoms. The van der Waals surface area contributed by atoms with Crippen LogP contribution in [0.5, 0.6) is 0 Å². The second kappa shape index (κ2) is 7.31. The van der Waals surface area contributed by atoms with E-state index in [9.17, 15) is 8.42 Å². The van der Waals surface area contributed by atoms with Crippen LogP contribution in [-0.2, 0) is 10.0 Å². The van der Waals surface area contributed by atoms with Crippen molar-refractivity contribution in [1.29, 1.82) is 0 Å². The second-order valence-corrected chi connectivity index (χ2v) is 6.58. The van der Waals surface area contributed by atoms with Gasteiger partial charge in [-0.15, -0.1) is 0 Å². The van der Waals surface area contributed by atoms with Crippen molar-refractivity contribution in [1.82, 2.24) is 9.21 Å². The Kier molecular flexibility index (Phi) is 6.40. The highest BCUT2D eigenvalue weighted by atomic mass is 32.2. The van der Waals surface area contributed by atoms with Gasteiger partial charge < -0.3 is 10.0 Å². The molecule has 0 aromatic heterocycles. The first-order chi connectivity index (χ1) is 8.10. The van der Waals surface area contributed by atoms with E-state index in [-0.39, 0.29) is 12.4 Å². The van der Waals surface area contributed by atoms with Crippen molar-refractivity contribution in [2.75, 3.05) is 45.1 Å². The summed E-state index contributed by atoms with van der Waals surface area (Å²) in [4.78, 5) is 2.31. The molecule has 0 amide bonds. The van der Waals surface area contributed by atoms with Gasteiger partial charge in [0.05, 0.1) is 5.75 Å². The Hall–Kier alpha value is -0.170. The SMILES string of the molecule is CCCN1CCN(S(=O)(=O)CCCCO)CC1. The first-order valence-electron chi connectivity index (χ1n) is 6.41. The van der Waals surface area contributed by atoms with Crippen LogP contribution >= 0.6 is 0 Å².